The number of rotatable bonds is 4. The van der Waals surface area contributed by atoms with E-state index in [0.717, 1.165) is 0 Å². The van der Waals surface area contributed by atoms with Crippen molar-refractivity contribution in [2.45, 2.75) is 0 Å². The van der Waals surface area contributed by atoms with Crippen molar-refractivity contribution in [1.29, 1.82) is 0 Å². The maximum Gasteiger partial charge on any atom is 0.319 e. The molecule has 0 spiro atoms. The zero-order valence-corrected chi connectivity index (χ0v) is 9.08. The molecule has 0 bridgehead atoms. The van der Waals surface area contributed by atoms with Gasteiger partial charge in [-0.2, -0.15) is 0 Å². The second-order valence-electron chi connectivity index (χ2n) is 2.93. The molecule has 86 valence electrons. The smallest absolute Gasteiger partial charge is 0.319 e. The van der Waals surface area contributed by atoms with Crippen LogP contribution < -0.4 is 15.7 Å². The van der Waals surface area contributed by atoms with Crippen LogP contribution in [0.15, 0.2) is 24.3 Å². The number of hydrogen-bond donors (Lipinski definition) is 2. The molecule has 0 heterocycles. The Morgan fingerprint density at radius 1 is 1.25 bits per heavy atom. The van der Waals surface area contributed by atoms with Gasteiger partial charge in [0.05, 0.1) is 5.97 Å². The highest BCUT2D eigenvalue weighted by Crippen LogP contribution is 2.08. The third kappa shape index (κ3) is 3.78. The summed E-state index contributed by atoms with van der Waals surface area (Å²) in [7, 11) is 0. The first-order chi connectivity index (χ1) is 7.63. The fourth-order valence-corrected chi connectivity index (χ4v) is 1.12. The van der Waals surface area contributed by atoms with Crippen LogP contribution in [0, 0.1) is 0 Å². The van der Waals surface area contributed by atoms with Crippen LogP contribution in [0.4, 0.5) is 10.5 Å². The molecule has 5 nitrogen and oxygen atoms in total. The van der Waals surface area contributed by atoms with Gasteiger partial charge in [-0.15, -0.1) is 11.6 Å². The number of aromatic carboxylic acids is 1. The van der Waals surface area contributed by atoms with Crippen LogP contribution in [0.5, 0.6) is 0 Å². The van der Waals surface area contributed by atoms with E-state index in [1.165, 1.54) is 24.3 Å². The van der Waals surface area contributed by atoms with Crippen LogP contribution >= 0.6 is 11.6 Å². The van der Waals surface area contributed by atoms with Gasteiger partial charge in [-0.1, -0.05) is 12.1 Å². The topological polar surface area (TPSA) is 81.3 Å². The average Bonchev–Trinajstić information content (AvgIpc) is 2.27. The van der Waals surface area contributed by atoms with Gasteiger partial charge in [-0.25, -0.2) is 4.79 Å². The molecular weight excluding hydrogens is 232 g/mol. The number of urea groups is 1. The molecule has 1 aromatic rings. The molecule has 1 rings (SSSR count). The Morgan fingerprint density at radius 3 is 2.38 bits per heavy atom. The minimum absolute atomic E-state index is 0.0618. The first-order valence-electron chi connectivity index (χ1n) is 4.55. The summed E-state index contributed by atoms with van der Waals surface area (Å²) in [6.07, 6.45) is 0. The fourth-order valence-electron chi connectivity index (χ4n) is 1.03. The number of anilines is 1. The molecule has 0 aliphatic rings. The molecular formula is C10H10ClN2O3-. The lowest BCUT2D eigenvalue weighted by Crippen LogP contribution is -2.30. The number of amides is 2. The number of carbonyl (C=O) groups is 2. The van der Waals surface area contributed by atoms with E-state index in [-0.39, 0.29) is 11.6 Å². The molecule has 6 heteroatoms. The van der Waals surface area contributed by atoms with Gasteiger partial charge in [-0.05, 0) is 17.7 Å². The van der Waals surface area contributed by atoms with Gasteiger partial charge in [0, 0.05) is 18.1 Å². The Kier molecular flexibility index (Phi) is 4.60. The van der Waals surface area contributed by atoms with Crippen molar-refractivity contribution in [2.24, 2.45) is 0 Å². The zero-order chi connectivity index (χ0) is 12.0. The SMILES string of the molecule is O=C(NCCCl)Nc1ccc(C(=O)[O-])cc1. The molecule has 0 atom stereocenters. The lowest BCUT2D eigenvalue weighted by Gasteiger charge is -2.07. The van der Waals surface area contributed by atoms with E-state index in [9.17, 15) is 14.7 Å². The molecule has 16 heavy (non-hydrogen) atoms. The molecule has 0 radical (unpaired) electrons. The van der Waals surface area contributed by atoms with E-state index in [0.29, 0.717) is 18.1 Å². The summed E-state index contributed by atoms with van der Waals surface area (Å²) in [5.74, 6) is -0.921. The van der Waals surface area contributed by atoms with Crippen LogP contribution in [0.2, 0.25) is 0 Å². The number of alkyl halides is 1. The molecule has 1 aromatic carbocycles. The van der Waals surface area contributed by atoms with Gasteiger partial charge in [-0.3, -0.25) is 0 Å². The third-order valence-electron chi connectivity index (χ3n) is 1.76. The molecule has 0 fully saturated rings. The number of carbonyl (C=O) groups excluding carboxylic acids is 2. The molecule has 0 saturated carbocycles. The predicted octanol–water partition coefficient (Wildman–Crippen LogP) is 0.410. The Labute approximate surface area is 97.4 Å². The summed E-state index contributed by atoms with van der Waals surface area (Å²) in [4.78, 5) is 21.6. The molecule has 0 aliphatic heterocycles. The van der Waals surface area contributed by atoms with E-state index in [2.05, 4.69) is 10.6 Å². The van der Waals surface area contributed by atoms with Gasteiger partial charge in [0.2, 0.25) is 0 Å². The highest BCUT2D eigenvalue weighted by atomic mass is 35.5. The summed E-state index contributed by atoms with van der Waals surface area (Å²) in [5, 5.41) is 15.5. The highest BCUT2D eigenvalue weighted by Gasteiger charge is 2.00. The lowest BCUT2D eigenvalue weighted by molar-refractivity contribution is -0.255. The number of benzene rings is 1. The van der Waals surface area contributed by atoms with Crippen molar-refractivity contribution in [3.05, 3.63) is 29.8 Å². The summed E-state index contributed by atoms with van der Waals surface area (Å²) in [6, 6.07) is 5.28. The van der Waals surface area contributed by atoms with Crippen LogP contribution in [0.3, 0.4) is 0 Å². The van der Waals surface area contributed by atoms with Gasteiger partial charge in [0.25, 0.3) is 0 Å². The quantitative estimate of drug-likeness (QED) is 0.750. The second-order valence-corrected chi connectivity index (χ2v) is 3.31. The van der Waals surface area contributed by atoms with Crippen molar-refractivity contribution in [1.82, 2.24) is 5.32 Å². The minimum Gasteiger partial charge on any atom is -0.545 e. The van der Waals surface area contributed by atoms with E-state index in [4.69, 9.17) is 11.6 Å². The summed E-state index contributed by atoms with van der Waals surface area (Å²) >= 11 is 5.39. The molecule has 0 unspecified atom stereocenters. The summed E-state index contributed by atoms with van der Waals surface area (Å²) in [5.41, 5.74) is 0.559. The van der Waals surface area contributed by atoms with Crippen LogP contribution in [-0.2, 0) is 0 Å². The average molecular weight is 242 g/mol. The Balaban J connectivity index is 2.55. The van der Waals surface area contributed by atoms with E-state index >= 15 is 0 Å². The molecule has 0 saturated heterocycles. The first-order valence-corrected chi connectivity index (χ1v) is 5.09. The van der Waals surface area contributed by atoms with Crippen molar-refractivity contribution >= 4 is 29.3 Å². The monoisotopic (exact) mass is 241 g/mol. The standard InChI is InChI=1S/C10H11ClN2O3/c11-5-6-12-10(16)13-8-3-1-7(2-4-8)9(14)15/h1-4H,5-6H2,(H,14,15)(H2,12,13,16)/p-1. The molecule has 2 amide bonds. The van der Waals surface area contributed by atoms with Gasteiger partial charge in [0.1, 0.15) is 0 Å². The second kappa shape index (κ2) is 5.97. The largest absolute Gasteiger partial charge is 0.545 e. The first kappa shape index (κ1) is 12.3. The maximum atomic E-state index is 11.2. The number of nitrogens with one attached hydrogen (secondary N) is 2. The number of hydrogen-bond acceptors (Lipinski definition) is 3. The fraction of sp³-hybridized carbons (Fsp3) is 0.200. The maximum absolute atomic E-state index is 11.2. The van der Waals surface area contributed by atoms with Crippen molar-refractivity contribution in [3.8, 4) is 0 Å². The van der Waals surface area contributed by atoms with Gasteiger partial charge in [0.15, 0.2) is 0 Å². The number of carboxylic acids is 1. The Morgan fingerprint density at radius 2 is 1.88 bits per heavy atom. The van der Waals surface area contributed by atoms with Crippen LogP contribution in [0.1, 0.15) is 10.4 Å². The van der Waals surface area contributed by atoms with Crippen LogP contribution in [0.25, 0.3) is 0 Å². The van der Waals surface area contributed by atoms with Crippen molar-refractivity contribution in [2.75, 3.05) is 17.7 Å². The number of carboxylic acid groups (broad SMARTS) is 1. The van der Waals surface area contributed by atoms with E-state index < -0.39 is 5.97 Å². The van der Waals surface area contributed by atoms with E-state index in [1.807, 2.05) is 0 Å². The number of halogens is 1. The molecule has 0 aliphatic carbocycles. The van der Waals surface area contributed by atoms with E-state index in [1.54, 1.807) is 0 Å². The Hall–Kier alpha value is -1.75. The third-order valence-corrected chi connectivity index (χ3v) is 1.95. The zero-order valence-electron chi connectivity index (χ0n) is 8.33. The molecule has 0 aromatic heterocycles. The van der Waals surface area contributed by atoms with Crippen molar-refractivity contribution < 1.29 is 14.7 Å². The normalized spacial score (nSPS) is 9.56. The summed E-state index contributed by atoms with van der Waals surface area (Å²) < 4.78 is 0. The molecule has 2 N–H and O–H groups in total. The minimum atomic E-state index is -1.25. The van der Waals surface area contributed by atoms with Gasteiger partial charge >= 0.3 is 6.03 Å². The Bertz CT molecular complexity index is 378. The predicted molar refractivity (Wildman–Crippen MR) is 58.5 cm³/mol. The van der Waals surface area contributed by atoms with Crippen LogP contribution in [-0.4, -0.2) is 24.4 Å². The summed E-state index contributed by atoms with van der Waals surface area (Å²) in [6.45, 7) is 0.366. The van der Waals surface area contributed by atoms with Crippen molar-refractivity contribution in [3.63, 3.8) is 0 Å². The highest BCUT2D eigenvalue weighted by molar-refractivity contribution is 6.18. The van der Waals surface area contributed by atoms with Gasteiger partial charge < -0.3 is 20.5 Å². The lowest BCUT2D eigenvalue weighted by atomic mass is 10.2.